The minimum atomic E-state index is 0.0184. The average molecular weight is 223 g/mol. The Morgan fingerprint density at radius 3 is 2.50 bits per heavy atom. The maximum absolute atomic E-state index is 11.2. The van der Waals surface area contributed by atoms with Crippen molar-refractivity contribution in [1.82, 2.24) is 4.90 Å². The van der Waals surface area contributed by atoms with E-state index in [1.54, 1.807) is 26.2 Å². The Kier molecular flexibility index (Phi) is 4.17. The van der Waals surface area contributed by atoms with Gasteiger partial charge in [-0.05, 0) is 18.2 Å². The third-order valence-corrected chi connectivity index (χ3v) is 2.43. The smallest absolute Gasteiger partial charge is 0.219 e. The van der Waals surface area contributed by atoms with Crippen LogP contribution in [0.4, 0.5) is 0 Å². The van der Waals surface area contributed by atoms with Gasteiger partial charge >= 0.3 is 0 Å². The SMILES string of the molecule is COc1ccc(OC)c(CN(C)C(C)=O)c1. The summed E-state index contributed by atoms with van der Waals surface area (Å²) in [5, 5.41) is 0. The van der Waals surface area contributed by atoms with Gasteiger partial charge in [0.15, 0.2) is 0 Å². The summed E-state index contributed by atoms with van der Waals surface area (Å²) in [4.78, 5) is 12.8. The Morgan fingerprint density at radius 2 is 2.00 bits per heavy atom. The Bertz CT molecular complexity index is 377. The molecule has 1 aromatic carbocycles. The van der Waals surface area contributed by atoms with Crippen molar-refractivity contribution in [3.63, 3.8) is 0 Å². The molecule has 0 aliphatic rings. The fourth-order valence-corrected chi connectivity index (χ4v) is 1.37. The lowest BCUT2D eigenvalue weighted by Crippen LogP contribution is -2.23. The van der Waals surface area contributed by atoms with Crippen LogP contribution in [0.1, 0.15) is 12.5 Å². The van der Waals surface area contributed by atoms with Gasteiger partial charge in [-0.25, -0.2) is 0 Å². The highest BCUT2D eigenvalue weighted by Crippen LogP contribution is 2.24. The molecular weight excluding hydrogens is 206 g/mol. The van der Waals surface area contributed by atoms with Crippen molar-refractivity contribution in [2.24, 2.45) is 0 Å². The summed E-state index contributed by atoms with van der Waals surface area (Å²) in [6, 6.07) is 5.54. The Morgan fingerprint density at radius 1 is 1.31 bits per heavy atom. The molecule has 0 heterocycles. The molecule has 0 fully saturated rings. The largest absolute Gasteiger partial charge is 0.497 e. The fourth-order valence-electron chi connectivity index (χ4n) is 1.37. The number of carbonyl (C=O) groups excluding carboxylic acids is 1. The van der Waals surface area contributed by atoms with E-state index in [-0.39, 0.29) is 5.91 Å². The first-order valence-electron chi connectivity index (χ1n) is 5.01. The molecular formula is C12H17NO3. The fraction of sp³-hybridized carbons (Fsp3) is 0.417. The molecule has 0 saturated heterocycles. The molecule has 0 saturated carbocycles. The van der Waals surface area contributed by atoms with Gasteiger partial charge in [-0.15, -0.1) is 0 Å². The topological polar surface area (TPSA) is 38.8 Å². The number of methoxy groups -OCH3 is 2. The van der Waals surface area contributed by atoms with Gasteiger partial charge in [0.2, 0.25) is 5.91 Å². The number of carbonyl (C=O) groups is 1. The van der Waals surface area contributed by atoms with E-state index < -0.39 is 0 Å². The zero-order valence-electron chi connectivity index (χ0n) is 10.1. The van der Waals surface area contributed by atoms with Crippen molar-refractivity contribution in [1.29, 1.82) is 0 Å². The normalized spacial score (nSPS) is 9.75. The Labute approximate surface area is 95.8 Å². The van der Waals surface area contributed by atoms with Crippen LogP contribution in [0.5, 0.6) is 11.5 Å². The van der Waals surface area contributed by atoms with Crippen molar-refractivity contribution >= 4 is 5.91 Å². The molecule has 1 rings (SSSR count). The molecule has 0 bridgehead atoms. The number of hydrogen-bond donors (Lipinski definition) is 0. The van der Waals surface area contributed by atoms with Crippen LogP contribution in [0.15, 0.2) is 18.2 Å². The predicted molar refractivity (Wildman–Crippen MR) is 61.7 cm³/mol. The summed E-state index contributed by atoms with van der Waals surface area (Å²) < 4.78 is 10.4. The van der Waals surface area contributed by atoms with Crippen molar-refractivity contribution in [3.05, 3.63) is 23.8 Å². The Balaban J connectivity index is 2.95. The molecule has 0 radical (unpaired) electrons. The second-order valence-electron chi connectivity index (χ2n) is 3.55. The van der Waals surface area contributed by atoms with Crippen molar-refractivity contribution in [2.75, 3.05) is 21.3 Å². The first-order valence-corrected chi connectivity index (χ1v) is 5.01. The molecule has 0 unspecified atom stereocenters. The molecule has 0 spiro atoms. The molecule has 0 aliphatic heterocycles. The first-order chi connectivity index (χ1) is 7.58. The maximum Gasteiger partial charge on any atom is 0.219 e. The van der Waals surface area contributed by atoms with Crippen LogP contribution in [-0.4, -0.2) is 32.1 Å². The highest BCUT2D eigenvalue weighted by atomic mass is 16.5. The molecule has 1 aromatic rings. The molecule has 16 heavy (non-hydrogen) atoms. The van der Waals surface area contributed by atoms with E-state index in [0.717, 1.165) is 17.1 Å². The van der Waals surface area contributed by atoms with Gasteiger partial charge in [0.1, 0.15) is 11.5 Å². The number of hydrogen-bond acceptors (Lipinski definition) is 3. The second-order valence-corrected chi connectivity index (χ2v) is 3.55. The van der Waals surface area contributed by atoms with Gasteiger partial charge in [0.25, 0.3) is 0 Å². The number of ether oxygens (including phenoxy) is 2. The van der Waals surface area contributed by atoms with Gasteiger partial charge in [0.05, 0.1) is 14.2 Å². The quantitative estimate of drug-likeness (QED) is 0.779. The van der Waals surface area contributed by atoms with Crippen LogP contribution in [0.3, 0.4) is 0 Å². The molecule has 4 heteroatoms. The molecule has 88 valence electrons. The molecule has 0 aliphatic carbocycles. The lowest BCUT2D eigenvalue weighted by molar-refractivity contribution is -0.128. The van der Waals surface area contributed by atoms with Gasteiger partial charge in [-0.3, -0.25) is 4.79 Å². The highest BCUT2D eigenvalue weighted by molar-refractivity contribution is 5.73. The zero-order chi connectivity index (χ0) is 12.1. The molecule has 0 N–H and O–H groups in total. The summed E-state index contributed by atoms with van der Waals surface area (Å²) in [6.45, 7) is 2.04. The molecule has 0 atom stereocenters. The number of benzene rings is 1. The third kappa shape index (κ3) is 2.89. The summed E-state index contributed by atoms with van der Waals surface area (Å²) >= 11 is 0. The van der Waals surface area contributed by atoms with E-state index in [4.69, 9.17) is 9.47 Å². The summed E-state index contributed by atoms with van der Waals surface area (Å²) in [5.74, 6) is 1.53. The molecule has 0 aromatic heterocycles. The Hall–Kier alpha value is -1.71. The van der Waals surface area contributed by atoms with E-state index in [1.165, 1.54) is 6.92 Å². The van der Waals surface area contributed by atoms with Crippen LogP contribution in [0.2, 0.25) is 0 Å². The van der Waals surface area contributed by atoms with Crippen LogP contribution in [-0.2, 0) is 11.3 Å². The van der Waals surface area contributed by atoms with Gasteiger partial charge in [-0.1, -0.05) is 0 Å². The predicted octanol–water partition coefficient (Wildman–Crippen LogP) is 1.68. The van der Waals surface area contributed by atoms with E-state index in [0.29, 0.717) is 6.54 Å². The minimum absolute atomic E-state index is 0.0184. The number of amides is 1. The van der Waals surface area contributed by atoms with Crippen molar-refractivity contribution < 1.29 is 14.3 Å². The lowest BCUT2D eigenvalue weighted by Gasteiger charge is -2.17. The van der Waals surface area contributed by atoms with E-state index in [1.807, 2.05) is 18.2 Å². The maximum atomic E-state index is 11.2. The molecule has 1 amide bonds. The van der Waals surface area contributed by atoms with E-state index >= 15 is 0 Å². The van der Waals surface area contributed by atoms with E-state index in [9.17, 15) is 4.79 Å². The van der Waals surface area contributed by atoms with Gasteiger partial charge < -0.3 is 14.4 Å². The van der Waals surface area contributed by atoms with Gasteiger partial charge in [-0.2, -0.15) is 0 Å². The standard InChI is InChI=1S/C12H17NO3/c1-9(14)13(2)8-10-7-11(15-3)5-6-12(10)16-4/h5-7H,8H2,1-4H3. The molecule has 4 nitrogen and oxygen atoms in total. The average Bonchev–Trinajstić information content (AvgIpc) is 2.28. The zero-order valence-corrected chi connectivity index (χ0v) is 10.1. The second kappa shape index (κ2) is 5.39. The van der Waals surface area contributed by atoms with Crippen molar-refractivity contribution in [3.8, 4) is 11.5 Å². The minimum Gasteiger partial charge on any atom is -0.497 e. The van der Waals surface area contributed by atoms with Crippen molar-refractivity contribution in [2.45, 2.75) is 13.5 Å². The number of rotatable bonds is 4. The van der Waals surface area contributed by atoms with Crippen LogP contribution in [0, 0.1) is 0 Å². The van der Waals surface area contributed by atoms with Gasteiger partial charge in [0, 0.05) is 26.1 Å². The van der Waals surface area contributed by atoms with E-state index in [2.05, 4.69) is 0 Å². The van der Waals surface area contributed by atoms with Crippen LogP contribution in [0.25, 0.3) is 0 Å². The first kappa shape index (κ1) is 12.4. The monoisotopic (exact) mass is 223 g/mol. The highest BCUT2D eigenvalue weighted by Gasteiger charge is 2.09. The van der Waals surface area contributed by atoms with Crippen LogP contribution < -0.4 is 9.47 Å². The summed E-state index contributed by atoms with van der Waals surface area (Å²) in [7, 11) is 4.97. The lowest BCUT2D eigenvalue weighted by atomic mass is 10.1. The summed E-state index contributed by atoms with van der Waals surface area (Å²) in [6.07, 6.45) is 0. The summed E-state index contributed by atoms with van der Waals surface area (Å²) in [5.41, 5.74) is 0.930. The van der Waals surface area contributed by atoms with Crippen LogP contribution >= 0.6 is 0 Å². The third-order valence-electron chi connectivity index (χ3n) is 2.43. The number of nitrogens with zero attached hydrogens (tertiary/aromatic N) is 1.